The number of nitrogens with one attached hydrogen (secondary N) is 1. The summed E-state index contributed by atoms with van der Waals surface area (Å²) in [6.45, 7) is 9.08. The summed E-state index contributed by atoms with van der Waals surface area (Å²) in [5, 5.41) is 3.03. The van der Waals surface area contributed by atoms with E-state index < -0.39 is 34.1 Å². The van der Waals surface area contributed by atoms with Crippen LogP contribution in [0.5, 0.6) is 0 Å². The van der Waals surface area contributed by atoms with Crippen molar-refractivity contribution in [2.45, 2.75) is 59.2 Å². The topological polar surface area (TPSA) is 86.8 Å². The number of sulfonamides is 1. The summed E-state index contributed by atoms with van der Waals surface area (Å²) in [4.78, 5) is 29.4. The van der Waals surface area contributed by atoms with Gasteiger partial charge in [-0.25, -0.2) is 8.42 Å². The minimum atomic E-state index is -3.82. The van der Waals surface area contributed by atoms with E-state index in [1.807, 2.05) is 101 Å². The van der Waals surface area contributed by atoms with Crippen LogP contribution in [0.1, 0.15) is 43.0 Å². The van der Waals surface area contributed by atoms with Crippen molar-refractivity contribution in [3.05, 3.63) is 99.5 Å². The predicted octanol–water partition coefficient (Wildman–Crippen LogP) is 5.39. The molecule has 0 saturated heterocycles. The number of nitrogens with zero attached hydrogens (tertiary/aromatic N) is 2. The van der Waals surface area contributed by atoms with Crippen LogP contribution in [0.2, 0.25) is 0 Å². The minimum Gasteiger partial charge on any atom is -0.350 e. The standard InChI is InChI=1S/C31H38BrN3O4S/c1-22-15-16-27(23(2)17-22)35(40(6,38)39)21-29(36)34(20-25-13-10-14-26(32)18-25)28(30(37)33-31(3,4)5)19-24-11-8-7-9-12-24/h7-18,28H,19-21H2,1-6H3,(H,33,37). The number of aryl methyl sites for hydroxylation is 2. The quantitative estimate of drug-likeness (QED) is 0.327. The second-order valence-electron chi connectivity index (χ2n) is 11.2. The molecule has 214 valence electrons. The van der Waals surface area contributed by atoms with E-state index in [1.165, 1.54) is 4.90 Å². The number of anilines is 1. The Kier molecular flexibility index (Phi) is 10.2. The minimum absolute atomic E-state index is 0.123. The molecule has 0 saturated carbocycles. The van der Waals surface area contributed by atoms with Gasteiger partial charge in [-0.05, 0) is 69.5 Å². The second kappa shape index (κ2) is 13.0. The van der Waals surface area contributed by atoms with Gasteiger partial charge in [0.2, 0.25) is 21.8 Å². The first-order chi connectivity index (χ1) is 18.6. The summed E-state index contributed by atoms with van der Waals surface area (Å²) in [5.41, 5.74) is 3.32. The van der Waals surface area contributed by atoms with E-state index in [4.69, 9.17) is 0 Å². The summed E-state index contributed by atoms with van der Waals surface area (Å²) in [6, 6.07) is 21.5. The third-order valence-electron chi connectivity index (χ3n) is 6.31. The van der Waals surface area contributed by atoms with Gasteiger partial charge in [0, 0.05) is 23.0 Å². The molecule has 7 nitrogen and oxygen atoms in total. The zero-order chi connectivity index (χ0) is 29.7. The molecular formula is C31H38BrN3O4S. The second-order valence-corrected chi connectivity index (χ2v) is 14.0. The Morgan fingerprint density at radius 1 is 0.925 bits per heavy atom. The van der Waals surface area contributed by atoms with Gasteiger partial charge in [0.05, 0.1) is 11.9 Å². The Labute approximate surface area is 246 Å². The van der Waals surface area contributed by atoms with Crippen LogP contribution in [-0.4, -0.2) is 49.5 Å². The van der Waals surface area contributed by atoms with Crippen LogP contribution in [0.15, 0.2) is 77.3 Å². The van der Waals surface area contributed by atoms with Crippen molar-refractivity contribution in [3.63, 3.8) is 0 Å². The maximum absolute atomic E-state index is 14.2. The van der Waals surface area contributed by atoms with Crippen molar-refractivity contribution in [2.24, 2.45) is 0 Å². The number of halogens is 1. The molecule has 0 bridgehead atoms. The fourth-order valence-electron chi connectivity index (χ4n) is 4.52. The molecule has 3 rings (SSSR count). The summed E-state index contributed by atoms with van der Waals surface area (Å²) in [6.07, 6.45) is 1.36. The molecule has 0 fully saturated rings. The van der Waals surface area contributed by atoms with E-state index in [-0.39, 0.29) is 18.9 Å². The van der Waals surface area contributed by atoms with Crippen LogP contribution in [0.25, 0.3) is 0 Å². The number of hydrogen-bond donors (Lipinski definition) is 1. The first-order valence-corrected chi connectivity index (χ1v) is 15.7. The van der Waals surface area contributed by atoms with Gasteiger partial charge in [0.15, 0.2) is 0 Å². The average molecular weight is 629 g/mol. The van der Waals surface area contributed by atoms with E-state index in [2.05, 4.69) is 21.2 Å². The van der Waals surface area contributed by atoms with E-state index in [1.54, 1.807) is 6.07 Å². The lowest BCUT2D eigenvalue weighted by molar-refractivity contribution is -0.140. The Morgan fingerprint density at radius 2 is 1.57 bits per heavy atom. The van der Waals surface area contributed by atoms with E-state index in [9.17, 15) is 18.0 Å². The third kappa shape index (κ3) is 8.93. The Morgan fingerprint density at radius 3 is 2.15 bits per heavy atom. The number of rotatable bonds is 10. The van der Waals surface area contributed by atoms with Crippen LogP contribution >= 0.6 is 15.9 Å². The van der Waals surface area contributed by atoms with Gasteiger partial charge in [-0.3, -0.25) is 13.9 Å². The van der Waals surface area contributed by atoms with Crippen LogP contribution in [0, 0.1) is 13.8 Å². The maximum atomic E-state index is 14.2. The van der Waals surface area contributed by atoms with E-state index in [0.29, 0.717) is 5.69 Å². The number of benzene rings is 3. The molecule has 0 spiro atoms. The first kappa shape index (κ1) is 31.4. The molecule has 0 aliphatic heterocycles. The molecule has 0 aromatic heterocycles. The normalized spacial score (nSPS) is 12.5. The third-order valence-corrected chi connectivity index (χ3v) is 7.93. The van der Waals surface area contributed by atoms with Gasteiger partial charge in [-0.1, -0.05) is 76.1 Å². The average Bonchev–Trinajstić information content (AvgIpc) is 2.84. The Balaban J connectivity index is 2.09. The molecule has 1 atom stereocenters. The lowest BCUT2D eigenvalue weighted by Gasteiger charge is -2.35. The molecule has 40 heavy (non-hydrogen) atoms. The van der Waals surface area contributed by atoms with Crippen molar-refractivity contribution in [3.8, 4) is 0 Å². The molecule has 0 aliphatic carbocycles. The van der Waals surface area contributed by atoms with Gasteiger partial charge in [0.25, 0.3) is 0 Å². The molecule has 0 aliphatic rings. The van der Waals surface area contributed by atoms with Crippen LogP contribution in [0.4, 0.5) is 5.69 Å². The van der Waals surface area contributed by atoms with Gasteiger partial charge in [-0.15, -0.1) is 0 Å². The molecule has 3 aromatic rings. The summed E-state index contributed by atoms with van der Waals surface area (Å²) < 4.78 is 27.9. The van der Waals surface area contributed by atoms with E-state index >= 15 is 0 Å². The van der Waals surface area contributed by atoms with Gasteiger partial charge in [0.1, 0.15) is 12.6 Å². The molecule has 0 radical (unpaired) electrons. The number of amides is 2. The number of carbonyl (C=O) groups excluding carboxylic acids is 2. The molecule has 1 N–H and O–H groups in total. The zero-order valence-corrected chi connectivity index (χ0v) is 26.3. The highest BCUT2D eigenvalue weighted by Crippen LogP contribution is 2.25. The largest absolute Gasteiger partial charge is 0.350 e. The van der Waals surface area contributed by atoms with Crippen LogP contribution in [-0.2, 0) is 32.6 Å². The monoisotopic (exact) mass is 627 g/mol. The van der Waals surface area contributed by atoms with Crippen molar-refractivity contribution in [2.75, 3.05) is 17.1 Å². The molecule has 2 amide bonds. The summed E-state index contributed by atoms with van der Waals surface area (Å²) >= 11 is 3.49. The van der Waals surface area contributed by atoms with Gasteiger partial charge in [-0.2, -0.15) is 0 Å². The summed E-state index contributed by atoms with van der Waals surface area (Å²) in [7, 11) is -3.82. The van der Waals surface area contributed by atoms with Gasteiger partial charge < -0.3 is 10.2 Å². The molecule has 0 heterocycles. The van der Waals surface area contributed by atoms with Crippen LogP contribution in [0.3, 0.4) is 0 Å². The van der Waals surface area contributed by atoms with Crippen molar-refractivity contribution >= 4 is 43.5 Å². The highest BCUT2D eigenvalue weighted by molar-refractivity contribution is 9.10. The molecule has 9 heteroatoms. The molecule has 3 aromatic carbocycles. The molecular weight excluding hydrogens is 590 g/mol. The van der Waals surface area contributed by atoms with Gasteiger partial charge >= 0.3 is 0 Å². The maximum Gasteiger partial charge on any atom is 0.244 e. The van der Waals surface area contributed by atoms with E-state index in [0.717, 1.165) is 37.3 Å². The van der Waals surface area contributed by atoms with Crippen molar-refractivity contribution in [1.29, 1.82) is 0 Å². The van der Waals surface area contributed by atoms with Crippen LogP contribution < -0.4 is 9.62 Å². The fraction of sp³-hybridized carbons (Fsp3) is 0.355. The highest BCUT2D eigenvalue weighted by atomic mass is 79.9. The zero-order valence-electron chi connectivity index (χ0n) is 23.9. The number of hydrogen-bond acceptors (Lipinski definition) is 4. The number of carbonyl (C=O) groups is 2. The SMILES string of the molecule is Cc1ccc(N(CC(=O)N(Cc2cccc(Br)c2)C(Cc2ccccc2)C(=O)NC(C)(C)C)S(C)(=O)=O)c(C)c1. The lowest BCUT2D eigenvalue weighted by Crippen LogP contribution is -2.56. The predicted molar refractivity (Wildman–Crippen MR) is 165 cm³/mol. The smallest absolute Gasteiger partial charge is 0.244 e. The first-order valence-electron chi connectivity index (χ1n) is 13.1. The fourth-order valence-corrected chi connectivity index (χ4v) is 5.87. The Hall–Kier alpha value is -3.17. The Bertz CT molecular complexity index is 1450. The highest BCUT2D eigenvalue weighted by Gasteiger charge is 2.34. The van der Waals surface area contributed by atoms with Crippen molar-refractivity contribution in [1.82, 2.24) is 10.2 Å². The summed E-state index contributed by atoms with van der Waals surface area (Å²) in [5.74, 6) is -0.785. The lowest BCUT2D eigenvalue weighted by atomic mass is 10.0. The van der Waals surface area contributed by atoms with Crippen molar-refractivity contribution < 1.29 is 18.0 Å². The molecule has 1 unspecified atom stereocenters.